The molecule has 3 aliphatic heterocycles. The number of nitrogens with two attached hydrogens (primary N) is 1. The molecule has 7 amide bonds. The number of fused-ring (bicyclic) bond motifs is 8. The van der Waals surface area contributed by atoms with Gasteiger partial charge in [-0.3, -0.25) is 67.7 Å². The average Bonchev–Trinajstić information content (AvgIpc) is 1.79. The first-order chi connectivity index (χ1) is 47.5. The van der Waals surface area contributed by atoms with Gasteiger partial charge in [0.25, 0.3) is 0 Å². The number of nitrogens with zero attached hydrogens (tertiary/aromatic N) is 10. The third kappa shape index (κ3) is 22.1. The number of H-pyrrole nitrogens is 1. The molecule has 0 saturated carbocycles. The lowest BCUT2D eigenvalue weighted by atomic mass is 10.0. The molecule has 6 bridgehead atoms. The van der Waals surface area contributed by atoms with Crippen LogP contribution in [-0.2, 0) is 88.5 Å². The second-order valence-electron chi connectivity index (χ2n) is 25.1. The SMILES string of the molecule is CC(C)[C@H](NC(=O)[C@H](Cc1cnc[nH]1)NC(=O)[C@H](Cc1ccccc1)NC(=O)[C@H](Cc1ccc(O)cc1)NC(=O)[C@H](C)NC(=O)Cc1ccc(-c2cc3nc(c2)Cn2nncc2-c2cccc(n2)CN2CCN(CC(=O)O)CCN(CCN(CC(=O)O)CC2)C3)cc1)C(=O)NCC(N)=O. The van der Waals surface area contributed by atoms with E-state index in [1.54, 1.807) is 79.3 Å². The minimum absolute atomic E-state index is 0.0462. The van der Waals surface area contributed by atoms with Gasteiger partial charge in [-0.05, 0) is 77.1 Å². The normalized spacial score (nSPS) is 16.8. The Bertz CT molecular complexity index is 3900. The van der Waals surface area contributed by atoms with Crippen molar-refractivity contribution in [2.45, 2.75) is 96.3 Å². The number of amides is 7. The van der Waals surface area contributed by atoms with Crippen LogP contribution in [0, 0.1) is 5.92 Å². The van der Waals surface area contributed by atoms with Crippen molar-refractivity contribution in [1.82, 2.24) is 86.4 Å². The number of carboxylic acid groups (broad SMARTS) is 2. The molecule has 3 aromatic carbocycles. The van der Waals surface area contributed by atoms with Gasteiger partial charge in [0.05, 0.1) is 67.9 Å². The Labute approximate surface area is 571 Å². The van der Waals surface area contributed by atoms with Crippen molar-refractivity contribution < 1.29 is 58.5 Å². The van der Waals surface area contributed by atoms with Crippen LogP contribution in [0.4, 0.5) is 0 Å². The van der Waals surface area contributed by atoms with E-state index in [0.29, 0.717) is 111 Å². The molecule has 7 heterocycles. The van der Waals surface area contributed by atoms with Crippen molar-refractivity contribution in [3.8, 4) is 28.3 Å². The molecule has 0 aliphatic carbocycles. The number of primary amides is 1. The monoisotopic (exact) mass is 1360 g/mol. The first-order valence-electron chi connectivity index (χ1n) is 32.7. The quantitative estimate of drug-likeness (QED) is 0.0346. The number of carboxylic acids is 2. The fourth-order valence-corrected chi connectivity index (χ4v) is 11.7. The zero-order valence-electron chi connectivity index (χ0n) is 55.4. The standard InChI is InChI=1S/C69H84N18O12/c1-43(2)64(69(99)72-36-60(70)89)81-68(98)58(33-51-34-71-42-73-51)80-67(97)57(28-45-8-5-4-6-9-45)79-66(96)56(29-46-14-18-54(88)19-15-46)78-65(95)44(3)75-61(90)30-47-12-16-48(17-13-47)49-31-52-38-84-22-26-85(40-62(91)92)24-20-83(21-25-86(27-23-84)41-63(93)94)37-50-10-7-11-55(77-50)59-35-74-82-87(59)39-53(32-49)76-52/h4-19,31-32,34-35,42-44,56-58,64,88H,20-30,33,36-41H2,1-3H3,(H2,70,89)(H,71,73)(H,72,99)(H,75,90)(H,78,95)(H,79,96)(H,80,97)(H,81,98)(H,91,92)(H,93,94)/t44-,56-,57-,58-,64-/m0/s1. The summed E-state index contributed by atoms with van der Waals surface area (Å²) in [5.74, 6) is -7.50. The Hall–Kier alpha value is -10.8. The van der Waals surface area contributed by atoms with E-state index in [1.165, 1.54) is 31.6 Å². The zero-order chi connectivity index (χ0) is 70.5. The van der Waals surface area contributed by atoms with Crippen LogP contribution in [0.3, 0.4) is 0 Å². The number of pyridine rings is 2. The van der Waals surface area contributed by atoms with Gasteiger partial charge in [-0.2, -0.15) is 0 Å². The van der Waals surface area contributed by atoms with E-state index >= 15 is 0 Å². The summed E-state index contributed by atoms with van der Waals surface area (Å²) in [6.07, 6.45) is 4.02. The summed E-state index contributed by atoms with van der Waals surface area (Å²) >= 11 is 0. The molecular formula is C69H84N18O12. The average molecular weight is 1360 g/mol. The van der Waals surface area contributed by atoms with Crippen LogP contribution in [0.25, 0.3) is 22.5 Å². The highest BCUT2D eigenvalue weighted by Gasteiger charge is 2.34. The van der Waals surface area contributed by atoms with Crippen molar-refractivity contribution in [2.24, 2.45) is 11.7 Å². The number of phenols is 1. The van der Waals surface area contributed by atoms with Gasteiger partial charge in [0.1, 0.15) is 41.7 Å². The number of carbonyl (C=O) groups is 9. The number of nitrogens with one attached hydrogen (secondary N) is 7. The molecule has 7 aromatic rings. The van der Waals surface area contributed by atoms with E-state index in [-0.39, 0.29) is 51.1 Å². The van der Waals surface area contributed by atoms with E-state index in [1.807, 2.05) is 52.3 Å². The first-order valence-corrected chi connectivity index (χ1v) is 32.7. The molecule has 5 atom stereocenters. The maximum absolute atomic E-state index is 14.7. The summed E-state index contributed by atoms with van der Waals surface area (Å²) in [5.41, 5.74) is 12.4. The Morgan fingerprint density at radius 2 is 1.11 bits per heavy atom. The number of phenolic OH excluding ortho intramolecular Hbond substituents is 1. The number of imidazole rings is 1. The van der Waals surface area contributed by atoms with Crippen LogP contribution in [0.15, 0.2) is 128 Å². The van der Waals surface area contributed by atoms with Crippen molar-refractivity contribution in [1.29, 1.82) is 0 Å². The Morgan fingerprint density at radius 1 is 0.556 bits per heavy atom. The van der Waals surface area contributed by atoms with Gasteiger partial charge in [-0.1, -0.05) is 91.9 Å². The highest BCUT2D eigenvalue weighted by Crippen LogP contribution is 2.26. The molecule has 12 N–H and O–H groups in total. The molecule has 1 saturated heterocycles. The molecule has 99 heavy (non-hydrogen) atoms. The lowest BCUT2D eigenvalue weighted by molar-refractivity contribution is -0.139. The zero-order valence-corrected chi connectivity index (χ0v) is 55.4. The summed E-state index contributed by atoms with van der Waals surface area (Å²) in [4.78, 5) is 146. The third-order valence-corrected chi connectivity index (χ3v) is 17.0. The molecule has 30 nitrogen and oxygen atoms in total. The van der Waals surface area contributed by atoms with Crippen LogP contribution < -0.4 is 37.6 Å². The highest BCUT2D eigenvalue weighted by atomic mass is 16.4. The number of aromatic amines is 1. The molecule has 3 aliphatic rings. The van der Waals surface area contributed by atoms with Crippen LogP contribution in [0.2, 0.25) is 0 Å². The predicted octanol–water partition coefficient (Wildman–Crippen LogP) is 0.256. The van der Waals surface area contributed by atoms with Crippen molar-refractivity contribution in [2.75, 3.05) is 72.0 Å². The lowest BCUT2D eigenvalue weighted by Crippen LogP contribution is -2.60. The maximum atomic E-state index is 14.7. The van der Waals surface area contributed by atoms with E-state index in [4.69, 9.17) is 15.7 Å². The summed E-state index contributed by atoms with van der Waals surface area (Å²) < 4.78 is 1.74. The van der Waals surface area contributed by atoms with Gasteiger partial charge < -0.3 is 57.9 Å². The lowest BCUT2D eigenvalue weighted by Gasteiger charge is -2.33. The van der Waals surface area contributed by atoms with E-state index in [9.17, 15) is 58.5 Å². The second-order valence-corrected chi connectivity index (χ2v) is 25.1. The number of benzene rings is 3. The van der Waals surface area contributed by atoms with E-state index in [2.05, 4.69) is 62.0 Å². The first kappa shape index (κ1) is 72.4. The molecule has 30 heteroatoms. The summed E-state index contributed by atoms with van der Waals surface area (Å²) in [6, 6.07) is 25.3. The summed E-state index contributed by atoms with van der Waals surface area (Å²) in [5, 5.41) is 55.0. The molecule has 0 unspecified atom stereocenters. The van der Waals surface area contributed by atoms with Gasteiger partial charge in [-0.25, -0.2) is 14.6 Å². The number of hydrogen-bond acceptors (Lipinski definition) is 19. The number of aromatic nitrogens is 7. The molecule has 0 spiro atoms. The minimum Gasteiger partial charge on any atom is -0.508 e. The van der Waals surface area contributed by atoms with Crippen LogP contribution in [0.5, 0.6) is 5.75 Å². The highest BCUT2D eigenvalue weighted by molar-refractivity contribution is 5.97. The van der Waals surface area contributed by atoms with Gasteiger partial charge in [-0.15, -0.1) is 5.10 Å². The summed E-state index contributed by atoms with van der Waals surface area (Å²) in [6.45, 7) is 8.71. The van der Waals surface area contributed by atoms with E-state index in [0.717, 1.165) is 16.8 Å². The second kappa shape index (κ2) is 34.9. The van der Waals surface area contributed by atoms with Crippen molar-refractivity contribution in [3.05, 3.63) is 167 Å². The number of aliphatic carboxylic acids is 2. The summed E-state index contributed by atoms with van der Waals surface area (Å²) in [7, 11) is 0. The van der Waals surface area contributed by atoms with Gasteiger partial charge in [0.15, 0.2) is 0 Å². The van der Waals surface area contributed by atoms with Crippen LogP contribution in [0.1, 0.15) is 60.2 Å². The molecule has 4 aromatic heterocycles. The van der Waals surface area contributed by atoms with Gasteiger partial charge in [0.2, 0.25) is 41.4 Å². The number of hydrogen-bond donors (Lipinski definition) is 11. The van der Waals surface area contributed by atoms with Gasteiger partial charge >= 0.3 is 11.9 Å². The Morgan fingerprint density at radius 3 is 1.69 bits per heavy atom. The Balaban J connectivity index is 0.918. The molecular weight excluding hydrogens is 1270 g/mol. The largest absolute Gasteiger partial charge is 0.508 e. The molecule has 522 valence electrons. The smallest absolute Gasteiger partial charge is 0.317 e. The fourth-order valence-electron chi connectivity index (χ4n) is 11.7. The molecule has 1 fully saturated rings. The van der Waals surface area contributed by atoms with Crippen LogP contribution >= 0.6 is 0 Å². The third-order valence-electron chi connectivity index (χ3n) is 17.0. The van der Waals surface area contributed by atoms with Crippen molar-refractivity contribution in [3.63, 3.8) is 0 Å². The number of carbonyl (C=O) groups excluding carboxylic acids is 7. The maximum Gasteiger partial charge on any atom is 0.317 e. The van der Waals surface area contributed by atoms with Gasteiger partial charge in [0, 0.05) is 96.6 Å². The number of rotatable bonds is 26. The van der Waals surface area contributed by atoms with Crippen LogP contribution in [-0.4, -0.2) is 225 Å². The topological polar surface area (TPSA) is 411 Å². The minimum atomic E-state index is -1.37. The fraction of sp³-hybridized carbons (Fsp3) is 0.391. The number of aromatic hydroxyl groups is 1. The molecule has 10 rings (SSSR count). The Kier molecular flexibility index (Phi) is 25.6. The predicted molar refractivity (Wildman–Crippen MR) is 361 cm³/mol. The molecule has 0 radical (unpaired) electrons. The van der Waals surface area contributed by atoms with Crippen molar-refractivity contribution >= 4 is 53.3 Å². The van der Waals surface area contributed by atoms with E-state index < -0.39 is 96.0 Å².